The third kappa shape index (κ3) is 3.88. The molecule has 2 aromatic carbocycles. The van der Waals surface area contributed by atoms with Crippen LogP contribution in [0.2, 0.25) is 0 Å². The average Bonchev–Trinajstić information content (AvgIpc) is 3.28. The van der Waals surface area contributed by atoms with E-state index in [0.29, 0.717) is 11.4 Å². The summed E-state index contributed by atoms with van der Waals surface area (Å²) >= 11 is 1.03. The van der Waals surface area contributed by atoms with Gasteiger partial charge in [-0.1, -0.05) is 48.2 Å². The van der Waals surface area contributed by atoms with E-state index >= 15 is 0 Å². The van der Waals surface area contributed by atoms with Crippen LogP contribution in [0, 0.1) is 6.92 Å². The van der Waals surface area contributed by atoms with Crippen LogP contribution >= 0.6 is 11.8 Å². The second kappa shape index (κ2) is 8.06. The number of rotatable bonds is 5. The van der Waals surface area contributed by atoms with Crippen LogP contribution in [0.3, 0.4) is 0 Å². The minimum absolute atomic E-state index is 0.00515. The fraction of sp³-hybridized carbons (Fsp3) is 0.200. The molecule has 0 spiro atoms. The second-order valence-electron chi connectivity index (χ2n) is 6.73. The van der Waals surface area contributed by atoms with E-state index in [9.17, 15) is 18.0 Å². The van der Waals surface area contributed by atoms with Gasteiger partial charge in [0, 0.05) is 12.8 Å². The molecule has 0 saturated heterocycles. The minimum Gasteiger partial charge on any atom is -0.283 e. The molecule has 7 nitrogen and oxygen atoms in total. The van der Waals surface area contributed by atoms with Crippen molar-refractivity contribution in [2.24, 2.45) is 7.05 Å². The van der Waals surface area contributed by atoms with Crippen molar-refractivity contribution in [3.05, 3.63) is 81.8 Å². The molecule has 0 aliphatic heterocycles. The highest BCUT2D eigenvalue weighted by molar-refractivity contribution is 7.98. The zero-order chi connectivity index (χ0) is 22.2. The SMILES string of the molecule is Cc1c(-n2nnnc2SCc2ccccc2C(F)(F)F)c(=O)n(-c2ccccc2)n1C. The maximum Gasteiger partial charge on any atom is 0.416 e. The Bertz CT molecular complexity index is 1280. The molecular weight excluding hydrogens is 429 g/mol. The van der Waals surface area contributed by atoms with Crippen LogP contribution < -0.4 is 5.56 Å². The topological polar surface area (TPSA) is 70.5 Å². The molecule has 0 unspecified atom stereocenters. The Morgan fingerprint density at radius 2 is 1.71 bits per heavy atom. The number of hydrogen-bond acceptors (Lipinski definition) is 5. The molecule has 0 saturated carbocycles. The summed E-state index contributed by atoms with van der Waals surface area (Å²) in [6, 6.07) is 14.4. The summed E-state index contributed by atoms with van der Waals surface area (Å²) in [4.78, 5) is 13.2. The van der Waals surface area contributed by atoms with Gasteiger partial charge >= 0.3 is 6.18 Å². The molecule has 0 aliphatic carbocycles. The van der Waals surface area contributed by atoms with Crippen molar-refractivity contribution in [3.8, 4) is 11.4 Å². The number of thioether (sulfide) groups is 1. The molecule has 0 atom stereocenters. The maximum absolute atomic E-state index is 13.3. The van der Waals surface area contributed by atoms with Crippen LogP contribution in [-0.2, 0) is 19.0 Å². The molecule has 4 rings (SSSR count). The van der Waals surface area contributed by atoms with E-state index in [1.165, 1.54) is 21.5 Å². The van der Waals surface area contributed by atoms with Gasteiger partial charge in [-0.05, 0) is 41.1 Å². The summed E-state index contributed by atoms with van der Waals surface area (Å²) in [5.74, 6) is -0.00515. The molecule has 2 heterocycles. The maximum atomic E-state index is 13.3. The summed E-state index contributed by atoms with van der Waals surface area (Å²) in [5, 5.41) is 11.7. The molecule has 160 valence electrons. The average molecular weight is 446 g/mol. The lowest BCUT2D eigenvalue weighted by Crippen LogP contribution is -2.22. The van der Waals surface area contributed by atoms with Gasteiger partial charge in [-0.15, -0.1) is 5.10 Å². The van der Waals surface area contributed by atoms with Crippen LogP contribution in [0.25, 0.3) is 11.4 Å². The molecule has 4 aromatic rings. The highest BCUT2D eigenvalue weighted by Crippen LogP contribution is 2.34. The van der Waals surface area contributed by atoms with Crippen molar-refractivity contribution in [3.63, 3.8) is 0 Å². The van der Waals surface area contributed by atoms with Gasteiger partial charge in [-0.2, -0.15) is 17.9 Å². The summed E-state index contributed by atoms with van der Waals surface area (Å²) in [6.07, 6.45) is -4.46. The van der Waals surface area contributed by atoms with Crippen LogP contribution in [0.4, 0.5) is 13.2 Å². The van der Waals surface area contributed by atoms with E-state index in [1.807, 2.05) is 18.2 Å². The van der Waals surface area contributed by atoms with Crippen LogP contribution in [0.15, 0.2) is 64.5 Å². The Balaban J connectivity index is 1.70. The zero-order valence-corrected chi connectivity index (χ0v) is 17.4. The zero-order valence-electron chi connectivity index (χ0n) is 16.5. The Kier molecular flexibility index (Phi) is 5.44. The molecule has 2 aromatic heterocycles. The number of para-hydroxylation sites is 1. The number of nitrogens with zero attached hydrogens (tertiary/aromatic N) is 6. The molecule has 31 heavy (non-hydrogen) atoms. The first kappa shape index (κ1) is 20.9. The van der Waals surface area contributed by atoms with Crippen LogP contribution in [0.1, 0.15) is 16.8 Å². The quantitative estimate of drug-likeness (QED) is 0.437. The number of tetrazole rings is 1. The van der Waals surface area contributed by atoms with E-state index in [2.05, 4.69) is 15.5 Å². The number of aromatic nitrogens is 6. The molecule has 0 N–H and O–H groups in total. The highest BCUT2D eigenvalue weighted by Gasteiger charge is 2.33. The number of halogens is 3. The fourth-order valence-corrected chi connectivity index (χ4v) is 4.15. The van der Waals surface area contributed by atoms with E-state index in [1.54, 1.807) is 36.9 Å². The second-order valence-corrected chi connectivity index (χ2v) is 7.67. The van der Waals surface area contributed by atoms with Gasteiger partial charge in [0.05, 0.1) is 16.9 Å². The van der Waals surface area contributed by atoms with Crippen molar-refractivity contribution < 1.29 is 13.2 Å². The van der Waals surface area contributed by atoms with Gasteiger partial charge in [-0.3, -0.25) is 9.48 Å². The highest BCUT2D eigenvalue weighted by atomic mass is 32.2. The molecule has 0 aliphatic rings. The molecular formula is C20H17F3N6OS. The van der Waals surface area contributed by atoms with Crippen molar-refractivity contribution in [1.29, 1.82) is 0 Å². The smallest absolute Gasteiger partial charge is 0.283 e. The third-order valence-corrected chi connectivity index (χ3v) is 5.82. The summed E-state index contributed by atoms with van der Waals surface area (Å²) in [6.45, 7) is 1.76. The molecule has 0 amide bonds. The monoisotopic (exact) mass is 446 g/mol. The Labute approximate surface area is 179 Å². The van der Waals surface area contributed by atoms with Gasteiger partial charge in [0.2, 0.25) is 5.16 Å². The lowest BCUT2D eigenvalue weighted by Gasteiger charge is -2.12. The lowest BCUT2D eigenvalue weighted by molar-refractivity contribution is -0.138. The lowest BCUT2D eigenvalue weighted by atomic mass is 10.1. The van der Waals surface area contributed by atoms with Gasteiger partial charge in [0.15, 0.2) is 5.69 Å². The molecule has 0 fully saturated rings. The number of hydrogen-bond donors (Lipinski definition) is 0. The number of alkyl halides is 3. The first-order chi connectivity index (χ1) is 14.8. The van der Waals surface area contributed by atoms with Crippen molar-refractivity contribution in [2.75, 3.05) is 0 Å². The van der Waals surface area contributed by atoms with Gasteiger partial charge in [-0.25, -0.2) is 4.68 Å². The Morgan fingerprint density at radius 3 is 2.42 bits per heavy atom. The van der Waals surface area contributed by atoms with E-state index in [0.717, 1.165) is 17.8 Å². The van der Waals surface area contributed by atoms with E-state index in [-0.39, 0.29) is 27.7 Å². The summed E-state index contributed by atoms with van der Waals surface area (Å²) in [5.41, 5.74) is 0.591. The van der Waals surface area contributed by atoms with Crippen molar-refractivity contribution in [1.82, 2.24) is 29.6 Å². The summed E-state index contributed by atoms with van der Waals surface area (Å²) < 4.78 is 44.3. The van der Waals surface area contributed by atoms with Crippen LogP contribution in [0.5, 0.6) is 0 Å². The van der Waals surface area contributed by atoms with Crippen molar-refractivity contribution in [2.45, 2.75) is 24.0 Å². The predicted octanol–water partition coefficient (Wildman–Crippen LogP) is 3.77. The van der Waals surface area contributed by atoms with Gasteiger partial charge < -0.3 is 0 Å². The van der Waals surface area contributed by atoms with Crippen LogP contribution in [-0.4, -0.2) is 29.6 Å². The Hall–Kier alpha value is -3.34. The Morgan fingerprint density at radius 1 is 1.03 bits per heavy atom. The van der Waals surface area contributed by atoms with Gasteiger partial charge in [0.25, 0.3) is 5.56 Å². The first-order valence-electron chi connectivity index (χ1n) is 9.19. The normalized spacial score (nSPS) is 11.8. The molecule has 11 heteroatoms. The minimum atomic E-state index is -4.46. The third-order valence-electron chi connectivity index (χ3n) is 4.86. The molecule has 0 bridgehead atoms. The summed E-state index contributed by atoms with van der Waals surface area (Å²) in [7, 11) is 1.74. The largest absolute Gasteiger partial charge is 0.416 e. The predicted molar refractivity (Wildman–Crippen MR) is 109 cm³/mol. The van der Waals surface area contributed by atoms with Gasteiger partial charge in [0.1, 0.15) is 0 Å². The van der Waals surface area contributed by atoms with Crippen molar-refractivity contribution >= 4 is 11.8 Å². The number of benzene rings is 2. The standard InChI is InChI=1S/C20H17F3N6OS/c1-13-17(18(30)29(27(13)2)15-9-4-3-5-10-15)28-19(24-25-26-28)31-12-14-8-6-7-11-16(14)20(21,22)23/h3-11H,12H2,1-2H3. The fourth-order valence-electron chi connectivity index (χ4n) is 3.27. The first-order valence-corrected chi connectivity index (χ1v) is 10.2. The van der Waals surface area contributed by atoms with E-state index in [4.69, 9.17) is 0 Å². The van der Waals surface area contributed by atoms with E-state index < -0.39 is 11.7 Å². The molecule has 0 radical (unpaired) electrons.